The first-order chi connectivity index (χ1) is 14.5. The Morgan fingerprint density at radius 3 is 1.87 bits per heavy atom. The highest BCUT2D eigenvalue weighted by Crippen LogP contribution is 1.89. The lowest BCUT2D eigenvalue weighted by atomic mass is 10.3. The number of unbranched alkanes of at least 4 members (excludes halogenated alkanes) is 1. The average molecular weight is 433 g/mol. The predicted octanol–water partition coefficient (Wildman–Crippen LogP) is -0.265. The highest BCUT2D eigenvalue weighted by atomic mass is 16.5. The summed E-state index contributed by atoms with van der Waals surface area (Å²) in [6.07, 6.45) is 2.38. The molecule has 0 aliphatic carbocycles. The molecular formula is C20H38N3O7+. The number of amides is 3. The van der Waals surface area contributed by atoms with Crippen LogP contribution in [0.3, 0.4) is 0 Å². The number of nitrogens with zero attached hydrogens (tertiary/aromatic N) is 1. The maximum atomic E-state index is 11.7. The molecule has 0 bridgehead atoms. The summed E-state index contributed by atoms with van der Waals surface area (Å²) in [5, 5.41) is 5.36. The molecule has 0 spiro atoms. The number of nitrogens with one attached hydrogen (secondary N) is 2. The molecule has 0 aromatic rings. The van der Waals surface area contributed by atoms with Gasteiger partial charge in [0, 0.05) is 25.9 Å². The molecule has 30 heavy (non-hydrogen) atoms. The third-order valence-electron chi connectivity index (χ3n) is 3.80. The SMILES string of the molecule is C=[N+](CCCC)C(=O)COCCOCCNC(=O)COCCOCCNC(=O)CC. The summed E-state index contributed by atoms with van der Waals surface area (Å²) < 4.78 is 22.5. The molecule has 0 aromatic heterocycles. The summed E-state index contributed by atoms with van der Waals surface area (Å²) in [5.41, 5.74) is 0. The van der Waals surface area contributed by atoms with Crippen molar-refractivity contribution in [3.8, 4) is 0 Å². The van der Waals surface area contributed by atoms with Crippen LogP contribution >= 0.6 is 0 Å². The Bertz CT molecular complexity index is 501. The van der Waals surface area contributed by atoms with E-state index >= 15 is 0 Å². The van der Waals surface area contributed by atoms with Gasteiger partial charge in [0.05, 0.1) is 39.6 Å². The highest BCUT2D eigenvalue weighted by Gasteiger charge is 2.13. The van der Waals surface area contributed by atoms with E-state index in [9.17, 15) is 14.4 Å². The van der Waals surface area contributed by atoms with Crippen LogP contribution in [0.2, 0.25) is 0 Å². The van der Waals surface area contributed by atoms with E-state index in [1.807, 2.05) is 0 Å². The Morgan fingerprint density at radius 1 is 0.767 bits per heavy atom. The number of carbonyl (C=O) groups excluding carboxylic acids is 3. The molecule has 0 atom stereocenters. The molecule has 0 fully saturated rings. The molecule has 10 heteroatoms. The molecule has 174 valence electrons. The van der Waals surface area contributed by atoms with Crippen LogP contribution in [-0.2, 0) is 33.3 Å². The summed E-state index contributed by atoms with van der Waals surface area (Å²) in [5.74, 6) is -0.399. The summed E-state index contributed by atoms with van der Waals surface area (Å²) in [6.45, 7) is 10.9. The Balaban J connectivity index is 3.37. The number of hydrogen-bond donors (Lipinski definition) is 2. The van der Waals surface area contributed by atoms with E-state index in [1.165, 1.54) is 4.58 Å². The summed E-state index contributed by atoms with van der Waals surface area (Å²) in [4.78, 5) is 34.3. The fraction of sp³-hybridized carbons (Fsp3) is 0.800. The quantitative estimate of drug-likeness (QED) is 0.155. The first-order valence-corrected chi connectivity index (χ1v) is 10.5. The van der Waals surface area contributed by atoms with Crippen molar-refractivity contribution in [2.24, 2.45) is 0 Å². The standard InChI is InChI=1S/C20H37N3O7/c1-4-6-9-23(3)20(26)17-30-15-13-28-11-8-22-19(25)16-29-14-12-27-10-7-21-18(24)5-2/h3-17H2,1-2H3,(H-,21,22,24,25)/p+1. The van der Waals surface area contributed by atoms with Crippen molar-refractivity contribution >= 4 is 24.4 Å². The van der Waals surface area contributed by atoms with Gasteiger partial charge >= 0.3 is 5.91 Å². The molecule has 0 heterocycles. The fourth-order valence-electron chi connectivity index (χ4n) is 2.03. The molecule has 2 N–H and O–H groups in total. The topological polar surface area (TPSA) is 115 Å². The lowest BCUT2D eigenvalue weighted by molar-refractivity contribution is -0.443. The van der Waals surface area contributed by atoms with E-state index < -0.39 is 0 Å². The first kappa shape index (κ1) is 28.1. The summed E-state index contributed by atoms with van der Waals surface area (Å²) in [6, 6.07) is 0. The van der Waals surface area contributed by atoms with Crippen LogP contribution < -0.4 is 10.6 Å². The Morgan fingerprint density at radius 2 is 1.30 bits per heavy atom. The van der Waals surface area contributed by atoms with Gasteiger partial charge in [-0.3, -0.25) is 9.59 Å². The van der Waals surface area contributed by atoms with Gasteiger partial charge in [0.15, 0.2) is 13.2 Å². The van der Waals surface area contributed by atoms with Gasteiger partial charge < -0.3 is 29.6 Å². The monoisotopic (exact) mass is 432 g/mol. The molecule has 0 saturated carbocycles. The zero-order valence-corrected chi connectivity index (χ0v) is 18.4. The van der Waals surface area contributed by atoms with E-state index in [4.69, 9.17) is 18.9 Å². The minimum Gasteiger partial charge on any atom is -0.377 e. The minimum absolute atomic E-state index is 0.0122. The second-order valence-electron chi connectivity index (χ2n) is 6.39. The number of ether oxygens (including phenoxy) is 4. The van der Waals surface area contributed by atoms with E-state index in [-0.39, 0.29) is 30.9 Å². The van der Waals surface area contributed by atoms with Gasteiger partial charge in [-0.15, -0.1) is 0 Å². The molecule has 0 radical (unpaired) electrons. The number of rotatable bonds is 20. The van der Waals surface area contributed by atoms with Gasteiger partial charge in [-0.2, -0.15) is 4.58 Å². The molecule has 0 aromatic carbocycles. The van der Waals surface area contributed by atoms with Crippen molar-refractivity contribution in [2.45, 2.75) is 33.1 Å². The Kier molecular flexibility index (Phi) is 19.1. The van der Waals surface area contributed by atoms with Crippen LogP contribution in [0.4, 0.5) is 0 Å². The second-order valence-corrected chi connectivity index (χ2v) is 6.39. The van der Waals surface area contributed by atoms with Crippen molar-refractivity contribution < 1.29 is 37.9 Å². The van der Waals surface area contributed by atoms with Crippen LogP contribution in [0.15, 0.2) is 0 Å². The average Bonchev–Trinajstić information content (AvgIpc) is 2.75. The first-order valence-electron chi connectivity index (χ1n) is 10.5. The van der Waals surface area contributed by atoms with Crippen LogP contribution in [0.1, 0.15) is 33.1 Å². The van der Waals surface area contributed by atoms with Crippen molar-refractivity contribution in [1.29, 1.82) is 0 Å². The van der Waals surface area contributed by atoms with Crippen LogP contribution in [-0.4, -0.2) is 102 Å². The zero-order valence-electron chi connectivity index (χ0n) is 18.4. The number of hydrogen-bond acceptors (Lipinski definition) is 7. The zero-order chi connectivity index (χ0) is 22.5. The normalized spacial score (nSPS) is 10.6. The third-order valence-corrected chi connectivity index (χ3v) is 3.80. The van der Waals surface area contributed by atoms with Gasteiger partial charge in [-0.25, -0.2) is 4.79 Å². The van der Waals surface area contributed by atoms with Gasteiger partial charge in [-0.05, 0) is 0 Å². The lowest BCUT2D eigenvalue weighted by Gasteiger charge is -2.08. The molecule has 0 aliphatic rings. The lowest BCUT2D eigenvalue weighted by Crippen LogP contribution is -2.31. The Labute approximate surface area is 179 Å². The predicted molar refractivity (Wildman–Crippen MR) is 112 cm³/mol. The van der Waals surface area contributed by atoms with E-state index in [1.54, 1.807) is 6.92 Å². The molecule has 3 amide bonds. The smallest absolute Gasteiger partial charge is 0.377 e. The van der Waals surface area contributed by atoms with Crippen LogP contribution in [0.25, 0.3) is 0 Å². The van der Waals surface area contributed by atoms with Crippen molar-refractivity contribution in [3.63, 3.8) is 0 Å². The fourth-order valence-corrected chi connectivity index (χ4v) is 2.03. The van der Waals surface area contributed by atoms with E-state index in [0.29, 0.717) is 65.7 Å². The second kappa shape index (κ2) is 20.4. The largest absolute Gasteiger partial charge is 0.412 e. The van der Waals surface area contributed by atoms with E-state index in [0.717, 1.165) is 12.8 Å². The van der Waals surface area contributed by atoms with Crippen LogP contribution in [0, 0.1) is 0 Å². The van der Waals surface area contributed by atoms with Gasteiger partial charge in [0.2, 0.25) is 11.8 Å². The minimum atomic E-state index is -0.238. The molecule has 0 saturated heterocycles. The third kappa shape index (κ3) is 18.2. The molecule has 10 nitrogen and oxygen atoms in total. The molecular weight excluding hydrogens is 394 g/mol. The summed E-state index contributed by atoms with van der Waals surface area (Å²) in [7, 11) is 0. The van der Waals surface area contributed by atoms with Crippen molar-refractivity contribution in [1.82, 2.24) is 10.6 Å². The van der Waals surface area contributed by atoms with Crippen molar-refractivity contribution in [2.75, 3.05) is 72.5 Å². The van der Waals surface area contributed by atoms with Crippen molar-refractivity contribution in [3.05, 3.63) is 0 Å². The maximum absolute atomic E-state index is 11.7. The summed E-state index contributed by atoms with van der Waals surface area (Å²) >= 11 is 0. The van der Waals surface area contributed by atoms with Gasteiger partial charge in [0.1, 0.15) is 13.3 Å². The Hall–Kier alpha value is -1.88. The van der Waals surface area contributed by atoms with Crippen LogP contribution in [0.5, 0.6) is 0 Å². The maximum Gasteiger partial charge on any atom is 0.412 e. The van der Waals surface area contributed by atoms with E-state index in [2.05, 4.69) is 24.3 Å². The van der Waals surface area contributed by atoms with Gasteiger partial charge in [0.25, 0.3) is 0 Å². The highest BCUT2D eigenvalue weighted by molar-refractivity contribution is 5.77. The molecule has 0 unspecified atom stereocenters. The van der Waals surface area contributed by atoms with Gasteiger partial charge in [-0.1, -0.05) is 20.3 Å². The molecule has 0 aliphatic heterocycles. The molecule has 0 rings (SSSR count). The number of carbonyl (C=O) groups is 3.